The van der Waals surface area contributed by atoms with Gasteiger partial charge in [-0.1, -0.05) is 19.1 Å². The van der Waals surface area contributed by atoms with Crippen LogP contribution in [0.1, 0.15) is 59.1 Å². The first-order valence-electron chi connectivity index (χ1n) is 9.22. The van der Waals surface area contributed by atoms with Crippen molar-refractivity contribution in [1.29, 1.82) is 5.26 Å². The van der Waals surface area contributed by atoms with Crippen molar-refractivity contribution in [2.75, 3.05) is 11.9 Å². The van der Waals surface area contributed by atoms with Crippen molar-refractivity contribution in [3.05, 3.63) is 59.4 Å². The third-order valence-electron chi connectivity index (χ3n) is 4.81. The number of carbonyl (C=O) groups is 2. The molecule has 0 saturated carbocycles. The van der Waals surface area contributed by atoms with E-state index in [1.165, 1.54) is 0 Å². The highest BCUT2D eigenvalue weighted by Gasteiger charge is 2.27. The first-order chi connectivity index (χ1) is 13.1. The van der Waals surface area contributed by atoms with Gasteiger partial charge in [-0.15, -0.1) is 0 Å². The maximum absolute atomic E-state index is 12.9. The number of hydrogen-bond acceptors (Lipinski definition) is 4. The quantitative estimate of drug-likeness (QED) is 0.900. The first kappa shape index (κ1) is 18.6. The summed E-state index contributed by atoms with van der Waals surface area (Å²) in [6, 6.07) is 13.8. The van der Waals surface area contributed by atoms with E-state index < -0.39 is 5.91 Å². The Morgan fingerprint density at radius 3 is 2.78 bits per heavy atom. The Kier molecular flexibility index (Phi) is 5.82. The first-order valence-corrected chi connectivity index (χ1v) is 9.22. The lowest BCUT2D eigenvalue weighted by Gasteiger charge is -2.35. The number of anilines is 1. The molecule has 3 rings (SSSR count). The molecule has 1 aliphatic heterocycles. The number of hydrogen-bond donors (Lipinski definition) is 1. The zero-order valence-corrected chi connectivity index (χ0v) is 15.3. The van der Waals surface area contributed by atoms with Crippen LogP contribution in [0, 0.1) is 11.3 Å². The van der Waals surface area contributed by atoms with Crippen molar-refractivity contribution in [2.24, 2.45) is 0 Å². The van der Waals surface area contributed by atoms with E-state index in [0.717, 1.165) is 32.2 Å². The second-order valence-corrected chi connectivity index (χ2v) is 6.61. The van der Waals surface area contributed by atoms with E-state index in [4.69, 9.17) is 5.26 Å². The molecule has 1 fully saturated rings. The van der Waals surface area contributed by atoms with Gasteiger partial charge < -0.3 is 10.2 Å². The number of nitriles is 1. The molecular weight excluding hydrogens is 340 g/mol. The highest BCUT2D eigenvalue weighted by molar-refractivity contribution is 6.04. The molecule has 2 amide bonds. The second-order valence-electron chi connectivity index (χ2n) is 6.61. The van der Waals surface area contributed by atoms with Crippen molar-refractivity contribution in [3.63, 3.8) is 0 Å². The molecule has 6 heteroatoms. The molecule has 0 bridgehead atoms. The van der Waals surface area contributed by atoms with Crippen LogP contribution in [-0.4, -0.2) is 34.3 Å². The molecule has 0 radical (unpaired) electrons. The number of carbonyl (C=O) groups excluding carboxylic acids is 2. The zero-order chi connectivity index (χ0) is 19.2. The number of amides is 2. The smallest absolute Gasteiger partial charge is 0.274 e. The number of piperidine rings is 1. The van der Waals surface area contributed by atoms with Crippen molar-refractivity contribution >= 4 is 17.5 Å². The van der Waals surface area contributed by atoms with Crippen molar-refractivity contribution < 1.29 is 9.59 Å². The number of aromatic nitrogens is 1. The van der Waals surface area contributed by atoms with E-state index >= 15 is 0 Å². The van der Waals surface area contributed by atoms with E-state index in [1.54, 1.807) is 42.5 Å². The number of pyridine rings is 1. The van der Waals surface area contributed by atoms with Gasteiger partial charge in [0.15, 0.2) is 0 Å². The summed E-state index contributed by atoms with van der Waals surface area (Å²) >= 11 is 0. The molecule has 1 N–H and O–H groups in total. The molecule has 6 nitrogen and oxygen atoms in total. The minimum Gasteiger partial charge on any atom is -0.334 e. The summed E-state index contributed by atoms with van der Waals surface area (Å²) < 4.78 is 0. The molecule has 1 aliphatic rings. The highest BCUT2D eigenvalue weighted by Crippen LogP contribution is 2.21. The number of benzene rings is 1. The molecule has 1 aromatic carbocycles. The Bertz CT molecular complexity index is 888. The lowest BCUT2D eigenvalue weighted by Crippen LogP contribution is -2.43. The molecule has 138 valence electrons. The fourth-order valence-electron chi connectivity index (χ4n) is 3.38. The van der Waals surface area contributed by atoms with Crippen LogP contribution in [0.3, 0.4) is 0 Å². The third-order valence-corrected chi connectivity index (χ3v) is 4.81. The minimum absolute atomic E-state index is 0.123. The van der Waals surface area contributed by atoms with Crippen LogP contribution in [0.15, 0.2) is 42.5 Å². The summed E-state index contributed by atoms with van der Waals surface area (Å²) in [6.07, 6.45) is 4.07. The van der Waals surface area contributed by atoms with Gasteiger partial charge in [0, 0.05) is 18.3 Å². The van der Waals surface area contributed by atoms with Gasteiger partial charge in [0.1, 0.15) is 11.4 Å². The Hall–Kier alpha value is -3.20. The molecule has 1 atom stereocenters. The van der Waals surface area contributed by atoms with Crippen molar-refractivity contribution in [2.45, 2.75) is 38.6 Å². The summed E-state index contributed by atoms with van der Waals surface area (Å²) in [5, 5.41) is 11.7. The molecular formula is C21H22N4O2. The average Bonchev–Trinajstić information content (AvgIpc) is 2.73. The Morgan fingerprint density at radius 1 is 1.22 bits per heavy atom. The van der Waals surface area contributed by atoms with Crippen molar-refractivity contribution in [3.8, 4) is 6.07 Å². The lowest BCUT2D eigenvalue weighted by atomic mass is 9.99. The Labute approximate surface area is 158 Å². The number of rotatable bonds is 4. The van der Waals surface area contributed by atoms with E-state index in [0.29, 0.717) is 11.3 Å². The zero-order valence-electron chi connectivity index (χ0n) is 15.3. The van der Waals surface area contributed by atoms with Crippen molar-refractivity contribution in [1.82, 2.24) is 9.88 Å². The summed E-state index contributed by atoms with van der Waals surface area (Å²) in [7, 11) is 0. The molecule has 2 heterocycles. The predicted molar refractivity (Wildman–Crippen MR) is 102 cm³/mol. The maximum atomic E-state index is 12.9. The van der Waals surface area contributed by atoms with Crippen LogP contribution < -0.4 is 5.32 Å². The standard InChI is InChI=1S/C21H22N4O2/c1-2-17-9-3-4-12-25(17)21(27)19-11-6-10-18(24-19)20(26)23-16-8-5-7-15(13-16)14-22/h5-8,10-11,13,17H,2-4,9,12H2,1H3,(H,23,26). The Balaban J connectivity index is 1.77. The fraction of sp³-hybridized carbons (Fsp3) is 0.333. The van der Waals surface area contributed by atoms with E-state index in [1.807, 2.05) is 11.0 Å². The van der Waals surface area contributed by atoms with Crippen LogP contribution in [0.2, 0.25) is 0 Å². The maximum Gasteiger partial charge on any atom is 0.274 e. The highest BCUT2D eigenvalue weighted by atomic mass is 16.2. The lowest BCUT2D eigenvalue weighted by molar-refractivity contribution is 0.0602. The van der Waals surface area contributed by atoms with Gasteiger partial charge in [-0.3, -0.25) is 9.59 Å². The minimum atomic E-state index is -0.412. The van der Waals surface area contributed by atoms with Crippen LogP contribution in [0.25, 0.3) is 0 Å². The fourth-order valence-corrected chi connectivity index (χ4v) is 3.38. The van der Waals surface area contributed by atoms with Gasteiger partial charge in [-0.2, -0.15) is 5.26 Å². The van der Waals surface area contributed by atoms with Gasteiger partial charge in [0.05, 0.1) is 11.6 Å². The van der Waals surface area contributed by atoms with Gasteiger partial charge in [0.25, 0.3) is 11.8 Å². The summed E-state index contributed by atoms with van der Waals surface area (Å²) in [5.74, 6) is -0.534. The molecule has 27 heavy (non-hydrogen) atoms. The molecule has 0 aliphatic carbocycles. The van der Waals surface area contributed by atoms with Crippen LogP contribution in [0.5, 0.6) is 0 Å². The van der Waals surface area contributed by atoms with Gasteiger partial charge in [-0.25, -0.2) is 4.98 Å². The summed E-state index contributed by atoms with van der Waals surface area (Å²) in [6.45, 7) is 2.82. The van der Waals surface area contributed by atoms with Crippen LogP contribution in [0.4, 0.5) is 5.69 Å². The van der Waals surface area contributed by atoms with Crippen LogP contribution in [-0.2, 0) is 0 Å². The molecule has 1 unspecified atom stereocenters. The number of nitrogens with zero attached hydrogens (tertiary/aromatic N) is 3. The summed E-state index contributed by atoms with van der Waals surface area (Å²) in [4.78, 5) is 31.6. The topological polar surface area (TPSA) is 86.1 Å². The second kappa shape index (κ2) is 8.45. The monoisotopic (exact) mass is 362 g/mol. The largest absolute Gasteiger partial charge is 0.334 e. The summed E-state index contributed by atoms with van der Waals surface area (Å²) in [5.41, 5.74) is 1.43. The van der Waals surface area contributed by atoms with Gasteiger partial charge in [-0.05, 0) is 56.0 Å². The normalized spacial score (nSPS) is 16.4. The third kappa shape index (κ3) is 4.32. The SMILES string of the molecule is CCC1CCCCN1C(=O)c1cccc(C(=O)Nc2cccc(C#N)c2)n1. The number of nitrogens with one attached hydrogen (secondary N) is 1. The van der Waals surface area contributed by atoms with E-state index in [-0.39, 0.29) is 23.3 Å². The van der Waals surface area contributed by atoms with E-state index in [9.17, 15) is 9.59 Å². The van der Waals surface area contributed by atoms with Crippen LogP contribution >= 0.6 is 0 Å². The average molecular weight is 362 g/mol. The molecule has 1 aromatic heterocycles. The molecule has 1 saturated heterocycles. The Morgan fingerprint density at radius 2 is 2.00 bits per heavy atom. The predicted octanol–water partition coefficient (Wildman–Crippen LogP) is 3.61. The molecule has 0 spiro atoms. The van der Waals surface area contributed by atoms with Gasteiger partial charge in [0.2, 0.25) is 0 Å². The van der Waals surface area contributed by atoms with Gasteiger partial charge >= 0.3 is 0 Å². The van der Waals surface area contributed by atoms with E-state index in [2.05, 4.69) is 17.2 Å². The number of likely N-dealkylation sites (tertiary alicyclic amines) is 1. The molecule has 2 aromatic rings.